The number of nitrogens with zero attached hydrogens (tertiary/aromatic N) is 4. The molecule has 0 radical (unpaired) electrons. The van der Waals surface area contributed by atoms with Crippen molar-refractivity contribution in [1.82, 2.24) is 19.4 Å². The maximum Gasteiger partial charge on any atom is 0.273 e. The Morgan fingerprint density at radius 2 is 2.07 bits per heavy atom. The van der Waals surface area contributed by atoms with Crippen LogP contribution in [0.3, 0.4) is 0 Å². The molecule has 0 bridgehead atoms. The van der Waals surface area contributed by atoms with Crippen LogP contribution in [0.5, 0.6) is 0 Å². The third-order valence-electron chi connectivity index (χ3n) is 5.67. The van der Waals surface area contributed by atoms with E-state index in [1.54, 1.807) is 12.1 Å². The van der Waals surface area contributed by atoms with Crippen LogP contribution in [-0.2, 0) is 13.0 Å². The number of carbonyl (C=O) groups is 1. The molecular formula is C20H19FN4OS. The van der Waals surface area contributed by atoms with Crippen LogP contribution < -0.4 is 0 Å². The third kappa shape index (κ3) is 2.77. The Morgan fingerprint density at radius 1 is 1.26 bits per heavy atom. The molecule has 138 valence electrons. The second-order valence-electron chi connectivity index (χ2n) is 7.56. The summed E-state index contributed by atoms with van der Waals surface area (Å²) in [5, 5.41) is 2.76. The third-order valence-corrected chi connectivity index (χ3v) is 6.44. The molecule has 1 amide bonds. The summed E-state index contributed by atoms with van der Waals surface area (Å²) in [6.07, 6.45) is 3.70. The molecule has 27 heavy (non-hydrogen) atoms. The molecule has 1 atom stereocenters. The van der Waals surface area contributed by atoms with Gasteiger partial charge in [-0.25, -0.2) is 14.4 Å². The van der Waals surface area contributed by atoms with E-state index >= 15 is 0 Å². The van der Waals surface area contributed by atoms with Gasteiger partial charge in [-0.1, -0.05) is 0 Å². The van der Waals surface area contributed by atoms with Crippen LogP contribution in [0, 0.1) is 18.2 Å². The predicted octanol–water partition coefficient (Wildman–Crippen LogP) is 3.54. The summed E-state index contributed by atoms with van der Waals surface area (Å²) in [5.41, 5.74) is 2.58. The van der Waals surface area contributed by atoms with Crippen molar-refractivity contribution in [3.05, 3.63) is 58.2 Å². The van der Waals surface area contributed by atoms with Crippen molar-refractivity contribution in [3.63, 3.8) is 0 Å². The molecule has 0 N–H and O–H groups in total. The van der Waals surface area contributed by atoms with Gasteiger partial charge in [-0.3, -0.25) is 4.79 Å². The molecule has 1 saturated heterocycles. The molecule has 0 saturated carbocycles. The lowest BCUT2D eigenvalue weighted by molar-refractivity contribution is 0.0766. The Labute approximate surface area is 160 Å². The normalized spacial score (nSPS) is 21.2. The van der Waals surface area contributed by atoms with Crippen LogP contribution >= 0.6 is 11.3 Å². The summed E-state index contributed by atoms with van der Waals surface area (Å²) in [4.78, 5) is 23.6. The number of hydrogen-bond donors (Lipinski definition) is 0. The highest BCUT2D eigenvalue weighted by Gasteiger charge is 2.46. The van der Waals surface area contributed by atoms with E-state index < -0.39 is 0 Å². The quantitative estimate of drug-likeness (QED) is 0.681. The van der Waals surface area contributed by atoms with E-state index in [2.05, 4.69) is 14.5 Å². The lowest BCUT2D eigenvalue weighted by atomic mass is 9.86. The van der Waals surface area contributed by atoms with Crippen LogP contribution in [0.2, 0.25) is 0 Å². The summed E-state index contributed by atoms with van der Waals surface area (Å²) < 4.78 is 15.5. The zero-order valence-corrected chi connectivity index (χ0v) is 15.8. The van der Waals surface area contributed by atoms with E-state index in [-0.39, 0.29) is 17.1 Å². The lowest BCUT2D eigenvalue weighted by Gasteiger charge is -2.23. The van der Waals surface area contributed by atoms with Crippen molar-refractivity contribution in [2.45, 2.75) is 26.3 Å². The molecule has 2 aliphatic heterocycles. The fourth-order valence-electron chi connectivity index (χ4n) is 4.31. The first-order valence-corrected chi connectivity index (χ1v) is 9.93. The maximum absolute atomic E-state index is 13.2. The van der Waals surface area contributed by atoms with Gasteiger partial charge in [0.15, 0.2) is 0 Å². The first-order valence-electron chi connectivity index (χ1n) is 9.05. The molecule has 2 aliphatic rings. The molecule has 5 nitrogen and oxygen atoms in total. The molecular weight excluding hydrogens is 363 g/mol. The number of benzene rings is 1. The Hall–Kier alpha value is -2.54. The van der Waals surface area contributed by atoms with Gasteiger partial charge in [0, 0.05) is 36.9 Å². The van der Waals surface area contributed by atoms with E-state index in [9.17, 15) is 9.18 Å². The number of aromatic nitrogens is 3. The van der Waals surface area contributed by atoms with Crippen LogP contribution in [0.25, 0.3) is 11.3 Å². The van der Waals surface area contributed by atoms with E-state index in [1.165, 1.54) is 23.5 Å². The first-order chi connectivity index (χ1) is 13.0. The minimum absolute atomic E-state index is 0.0273. The second-order valence-corrected chi connectivity index (χ2v) is 8.62. The number of aryl methyl sites for hydroxylation is 1. The molecule has 7 heteroatoms. The first kappa shape index (κ1) is 16.6. The summed E-state index contributed by atoms with van der Waals surface area (Å²) in [6, 6.07) is 6.54. The van der Waals surface area contributed by atoms with Gasteiger partial charge < -0.3 is 9.47 Å². The van der Waals surface area contributed by atoms with Crippen molar-refractivity contribution in [2.75, 3.05) is 13.1 Å². The van der Waals surface area contributed by atoms with Gasteiger partial charge >= 0.3 is 0 Å². The summed E-state index contributed by atoms with van der Waals surface area (Å²) in [5.74, 6) is 0.839. The smallest absolute Gasteiger partial charge is 0.273 e. The summed E-state index contributed by atoms with van der Waals surface area (Å²) >= 11 is 1.51. The monoisotopic (exact) mass is 382 g/mol. The van der Waals surface area contributed by atoms with Gasteiger partial charge in [0.05, 0.1) is 16.9 Å². The number of rotatable bonds is 2. The van der Waals surface area contributed by atoms with Crippen LogP contribution in [0.15, 0.2) is 35.8 Å². The number of fused-ring (bicyclic) bond motifs is 1. The van der Waals surface area contributed by atoms with Gasteiger partial charge in [-0.2, -0.15) is 0 Å². The van der Waals surface area contributed by atoms with Crippen LogP contribution in [0.1, 0.15) is 27.7 Å². The van der Waals surface area contributed by atoms with Crippen molar-refractivity contribution in [2.24, 2.45) is 5.41 Å². The van der Waals surface area contributed by atoms with Crippen molar-refractivity contribution < 1.29 is 9.18 Å². The molecule has 3 aromatic rings. The van der Waals surface area contributed by atoms with Crippen LogP contribution in [-0.4, -0.2) is 38.4 Å². The SMILES string of the molecule is Cc1nc(C(=O)N2CC[C@@]3(Cc4ncc(-c5ccc(F)cc5)n4C3)C2)cs1. The maximum atomic E-state index is 13.2. The Bertz CT molecular complexity index is 1030. The number of thiazole rings is 1. The average molecular weight is 382 g/mol. The Morgan fingerprint density at radius 3 is 2.81 bits per heavy atom. The zero-order chi connectivity index (χ0) is 18.6. The highest BCUT2D eigenvalue weighted by atomic mass is 32.1. The summed E-state index contributed by atoms with van der Waals surface area (Å²) in [7, 11) is 0. The number of imidazole rings is 1. The topological polar surface area (TPSA) is 51.0 Å². The largest absolute Gasteiger partial charge is 0.337 e. The standard InChI is InChI=1S/C20H19FN4OS/c1-13-23-16(10-27-13)19(26)24-7-6-20(11-24)8-18-22-9-17(25(18)12-20)14-2-4-15(21)5-3-14/h2-5,9-10H,6-8,11-12H2,1H3/t20-/m1/s1. The van der Waals surface area contributed by atoms with E-state index in [0.717, 1.165) is 54.6 Å². The molecule has 4 heterocycles. The van der Waals surface area contributed by atoms with Gasteiger partial charge in [-0.15, -0.1) is 11.3 Å². The number of carbonyl (C=O) groups excluding carboxylic acids is 1. The van der Waals surface area contributed by atoms with Crippen molar-refractivity contribution in [3.8, 4) is 11.3 Å². The number of halogens is 1. The van der Waals surface area contributed by atoms with Crippen LogP contribution in [0.4, 0.5) is 4.39 Å². The molecule has 5 rings (SSSR count). The second kappa shape index (κ2) is 5.99. The molecule has 1 aromatic carbocycles. The molecule has 0 unspecified atom stereocenters. The number of amides is 1. The van der Waals surface area contributed by atoms with Gasteiger partial charge in [0.1, 0.15) is 17.3 Å². The Kier molecular flexibility index (Phi) is 3.69. The minimum Gasteiger partial charge on any atom is -0.337 e. The predicted molar refractivity (Wildman–Crippen MR) is 101 cm³/mol. The van der Waals surface area contributed by atoms with Crippen molar-refractivity contribution in [1.29, 1.82) is 0 Å². The highest BCUT2D eigenvalue weighted by molar-refractivity contribution is 7.09. The minimum atomic E-state index is -0.237. The highest BCUT2D eigenvalue weighted by Crippen LogP contribution is 2.42. The van der Waals surface area contributed by atoms with Gasteiger partial charge in [0.2, 0.25) is 0 Å². The van der Waals surface area contributed by atoms with Crippen molar-refractivity contribution >= 4 is 17.2 Å². The molecule has 0 aliphatic carbocycles. The van der Waals surface area contributed by atoms with E-state index in [1.807, 2.05) is 23.4 Å². The Balaban J connectivity index is 1.37. The fraction of sp³-hybridized carbons (Fsp3) is 0.350. The number of hydrogen-bond acceptors (Lipinski definition) is 4. The molecule has 2 aromatic heterocycles. The lowest BCUT2D eigenvalue weighted by Crippen LogP contribution is -2.33. The van der Waals surface area contributed by atoms with Gasteiger partial charge in [0.25, 0.3) is 5.91 Å². The number of likely N-dealkylation sites (tertiary alicyclic amines) is 1. The molecule has 1 spiro atoms. The fourth-order valence-corrected chi connectivity index (χ4v) is 4.90. The zero-order valence-electron chi connectivity index (χ0n) is 15.0. The van der Waals surface area contributed by atoms with Gasteiger partial charge in [-0.05, 0) is 43.2 Å². The van der Waals surface area contributed by atoms with E-state index in [4.69, 9.17) is 0 Å². The average Bonchev–Trinajstić information content (AvgIpc) is 3.41. The molecule has 1 fully saturated rings. The summed E-state index contributed by atoms with van der Waals surface area (Å²) in [6.45, 7) is 4.25. The van der Waals surface area contributed by atoms with E-state index in [0.29, 0.717) is 5.69 Å².